The van der Waals surface area contributed by atoms with Gasteiger partial charge >= 0.3 is 0 Å². The van der Waals surface area contributed by atoms with E-state index < -0.39 is 11.1 Å². The predicted molar refractivity (Wildman–Crippen MR) is 67.4 cm³/mol. The maximum Gasteiger partial charge on any atom is 0.125 e. The van der Waals surface area contributed by atoms with E-state index in [1.807, 2.05) is 0 Å². The quantitative estimate of drug-likeness (QED) is 0.838. The summed E-state index contributed by atoms with van der Waals surface area (Å²) in [5.41, 5.74) is 4.62. The fourth-order valence-electron chi connectivity index (χ4n) is 1.54. The van der Waals surface area contributed by atoms with Crippen molar-refractivity contribution in [3.8, 4) is 11.5 Å². The SMILES string of the molecule is COc1ccc(OC)c(C(C)(O)C(C)(C)N)c1. The van der Waals surface area contributed by atoms with E-state index in [4.69, 9.17) is 15.2 Å². The molecule has 0 saturated heterocycles. The molecule has 1 rings (SSSR count). The first-order valence-corrected chi connectivity index (χ1v) is 5.48. The molecule has 17 heavy (non-hydrogen) atoms. The lowest BCUT2D eigenvalue weighted by atomic mass is 9.79. The van der Waals surface area contributed by atoms with Gasteiger partial charge < -0.3 is 20.3 Å². The second kappa shape index (κ2) is 4.55. The van der Waals surface area contributed by atoms with Gasteiger partial charge in [-0.05, 0) is 39.0 Å². The molecule has 0 radical (unpaired) electrons. The Hall–Kier alpha value is -1.26. The van der Waals surface area contributed by atoms with Gasteiger partial charge in [-0.3, -0.25) is 0 Å². The molecule has 0 aromatic heterocycles. The van der Waals surface area contributed by atoms with Crippen molar-refractivity contribution in [2.45, 2.75) is 31.9 Å². The van der Waals surface area contributed by atoms with Crippen LogP contribution in [-0.2, 0) is 5.60 Å². The van der Waals surface area contributed by atoms with Crippen LogP contribution in [0.3, 0.4) is 0 Å². The average Bonchev–Trinajstić information content (AvgIpc) is 2.26. The Morgan fingerprint density at radius 1 is 1.12 bits per heavy atom. The topological polar surface area (TPSA) is 64.7 Å². The van der Waals surface area contributed by atoms with Crippen LogP contribution in [-0.4, -0.2) is 24.9 Å². The summed E-state index contributed by atoms with van der Waals surface area (Å²) in [6.45, 7) is 5.21. The Kier molecular flexibility index (Phi) is 3.69. The number of benzene rings is 1. The summed E-state index contributed by atoms with van der Waals surface area (Å²) in [6, 6.07) is 5.28. The summed E-state index contributed by atoms with van der Waals surface area (Å²) in [6.07, 6.45) is 0. The van der Waals surface area contributed by atoms with E-state index in [-0.39, 0.29) is 0 Å². The van der Waals surface area contributed by atoms with Crippen molar-refractivity contribution >= 4 is 0 Å². The zero-order valence-corrected chi connectivity index (χ0v) is 11.1. The van der Waals surface area contributed by atoms with E-state index in [2.05, 4.69) is 0 Å². The van der Waals surface area contributed by atoms with Gasteiger partial charge in [0.05, 0.1) is 14.2 Å². The summed E-state index contributed by atoms with van der Waals surface area (Å²) >= 11 is 0. The Morgan fingerprint density at radius 3 is 2.12 bits per heavy atom. The lowest BCUT2D eigenvalue weighted by Crippen LogP contribution is -2.52. The minimum absolute atomic E-state index is 0.592. The fraction of sp³-hybridized carbons (Fsp3) is 0.538. The van der Waals surface area contributed by atoms with Crippen LogP contribution in [0.1, 0.15) is 26.3 Å². The van der Waals surface area contributed by atoms with Gasteiger partial charge in [-0.15, -0.1) is 0 Å². The first kappa shape index (κ1) is 13.8. The average molecular weight is 239 g/mol. The number of nitrogens with two attached hydrogens (primary N) is 1. The minimum atomic E-state index is -1.22. The highest BCUT2D eigenvalue weighted by molar-refractivity contribution is 5.45. The molecule has 0 aliphatic carbocycles. The van der Waals surface area contributed by atoms with E-state index in [0.717, 1.165) is 0 Å². The summed E-state index contributed by atoms with van der Waals surface area (Å²) in [5.74, 6) is 1.25. The number of ether oxygens (including phenoxy) is 2. The van der Waals surface area contributed by atoms with Crippen LogP contribution in [0.5, 0.6) is 11.5 Å². The Labute approximate surface area is 102 Å². The Bertz CT molecular complexity index is 394. The van der Waals surface area contributed by atoms with Crippen LogP contribution in [0.4, 0.5) is 0 Å². The van der Waals surface area contributed by atoms with Crippen molar-refractivity contribution in [3.63, 3.8) is 0 Å². The molecule has 4 heteroatoms. The first-order chi connectivity index (χ1) is 7.74. The maximum atomic E-state index is 10.6. The van der Waals surface area contributed by atoms with Gasteiger partial charge in [-0.1, -0.05) is 0 Å². The monoisotopic (exact) mass is 239 g/mol. The molecule has 1 unspecified atom stereocenters. The van der Waals surface area contributed by atoms with Gasteiger partial charge in [-0.25, -0.2) is 0 Å². The van der Waals surface area contributed by atoms with Gasteiger partial charge in [0, 0.05) is 11.1 Å². The maximum absolute atomic E-state index is 10.6. The van der Waals surface area contributed by atoms with Crippen LogP contribution >= 0.6 is 0 Å². The molecule has 0 bridgehead atoms. The smallest absolute Gasteiger partial charge is 0.125 e. The molecule has 0 heterocycles. The highest BCUT2D eigenvalue weighted by Crippen LogP contribution is 2.38. The molecular formula is C13H21NO3. The number of hydrogen-bond acceptors (Lipinski definition) is 4. The molecule has 0 amide bonds. The number of methoxy groups -OCH3 is 2. The second-order valence-electron chi connectivity index (χ2n) is 4.86. The number of rotatable bonds is 4. The molecule has 4 nitrogen and oxygen atoms in total. The zero-order chi connectivity index (χ0) is 13.3. The summed E-state index contributed by atoms with van der Waals surface area (Å²) < 4.78 is 10.4. The van der Waals surface area contributed by atoms with Gasteiger partial charge in [0.1, 0.15) is 17.1 Å². The number of aliphatic hydroxyl groups is 1. The fourth-order valence-corrected chi connectivity index (χ4v) is 1.54. The van der Waals surface area contributed by atoms with E-state index in [1.54, 1.807) is 53.2 Å². The second-order valence-corrected chi connectivity index (χ2v) is 4.86. The summed E-state index contributed by atoms with van der Waals surface area (Å²) in [5, 5.41) is 10.6. The Morgan fingerprint density at radius 2 is 1.71 bits per heavy atom. The molecular weight excluding hydrogens is 218 g/mol. The molecule has 1 aromatic carbocycles. The van der Waals surface area contributed by atoms with Crippen LogP contribution < -0.4 is 15.2 Å². The van der Waals surface area contributed by atoms with Crippen molar-refractivity contribution in [2.75, 3.05) is 14.2 Å². The molecule has 0 aliphatic heterocycles. The van der Waals surface area contributed by atoms with Gasteiger partial charge in [0.2, 0.25) is 0 Å². The van der Waals surface area contributed by atoms with Crippen LogP contribution in [0.2, 0.25) is 0 Å². The van der Waals surface area contributed by atoms with Gasteiger partial charge in [-0.2, -0.15) is 0 Å². The third-order valence-corrected chi connectivity index (χ3v) is 3.19. The molecule has 0 spiro atoms. The van der Waals surface area contributed by atoms with Crippen LogP contribution in [0.15, 0.2) is 18.2 Å². The first-order valence-electron chi connectivity index (χ1n) is 5.48. The lowest BCUT2D eigenvalue weighted by Gasteiger charge is -2.38. The minimum Gasteiger partial charge on any atom is -0.497 e. The molecule has 96 valence electrons. The van der Waals surface area contributed by atoms with E-state index >= 15 is 0 Å². The normalized spacial score (nSPS) is 15.2. The van der Waals surface area contributed by atoms with E-state index in [9.17, 15) is 5.11 Å². The summed E-state index contributed by atoms with van der Waals surface area (Å²) in [4.78, 5) is 0. The third-order valence-electron chi connectivity index (χ3n) is 3.19. The van der Waals surface area contributed by atoms with Crippen molar-refractivity contribution in [1.82, 2.24) is 0 Å². The van der Waals surface area contributed by atoms with Crippen molar-refractivity contribution < 1.29 is 14.6 Å². The molecule has 0 aliphatic rings. The molecule has 0 saturated carbocycles. The number of hydrogen-bond donors (Lipinski definition) is 2. The summed E-state index contributed by atoms with van der Waals surface area (Å²) in [7, 11) is 3.14. The van der Waals surface area contributed by atoms with E-state index in [1.165, 1.54) is 0 Å². The van der Waals surface area contributed by atoms with E-state index in [0.29, 0.717) is 17.1 Å². The van der Waals surface area contributed by atoms with Crippen molar-refractivity contribution in [2.24, 2.45) is 5.73 Å². The zero-order valence-electron chi connectivity index (χ0n) is 11.1. The van der Waals surface area contributed by atoms with Crippen LogP contribution in [0.25, 0.3) is 0 Å². The largest absolute Gasteiger partial charge is 0.497 e. The van der Waals surface area contributed by atoms with Crippen molar-refractivity contribution in [1.29, 1.82) is 0 Å². The Balaban J connectivity index is 3.37. The van der Waals surface area contributed by atoms with Gasteiger partial charge in [0.25, 0.3) is 0 Å². The predicted octanol–water partition coefficient (Wildman–Crippen LogP) is 1.65. The standard InChI is InChI=1S/C13H21NO3/c1-12(2,14)13(3,15)10-8-9(16-4)6-7-11(10)17-5/h6-8,15H,14H2,1-5H3. The molecule has 1 aromatic rings. The van der Waals surface area contributed by atoms with Crippen molar-refractivity contribution in [3.05, 3.63) is 23.8 Å². The molecule has 0 fully saturated rings. The van der Waals surface area contributed by atoms with Gasteiger partial charge in [0.15, 0.2) is 0 Å². The molecule has 3 N–H and O–H groups in total. The highest BCUT2D eigenvalue weighted by atomic mass is 16.5. The third kappa shape index (κ3) is 2.53. The van der Waals surface area contributed by atoms with Crippen LogP contribution in [0, 0.1) is 0 Å². The highest BCUT2D eigenvalue weighted by Gasteiger charge is 2.40. The lowest BCUT2D eigenvalue weighted by molar-refractivity contribution is -0.0107. The molecule has 1 atom stereocenters.